The van der Waals surface area contributed by atoms with Crippen molar-refractivity contribution < 1.29 is 19.4 Å². The van der Waals surface area contributed by atoms with Crippen molar-refractivity contribution in [3.8, 4) is 0 Å². The van der Waals surface area contributed by atoms with Crippen molar-refractivity contribution in [2.45, 2.75) is 32.0 Å². The average Bonchev–Trinajstić information content (AvgIpc) is 2.49. The first-order valence-corrected chi connectivity index (χ1v) is 4.24. The highest BCUT2D eigenvalue weighted by Gasteiger charge is 2.14. The Morgan fingerprint density at radius 1 is 1.33 bits per heavy atom. The van der Waals surface area contributed by atoms with Gasteiger partial charge in [0, 0.05) is 6.42 Å². The lowest BCUT2D eigenvalue weighted by Gasteiger charge is -2.06. The minimum atomic E-state index is -0.733. The number of carboxylic acid groups (broad SMARTS) is 1. The maximum absolute atomic E-state index is 10.1. The third-order valence-corrected chi connectivity index (χ3v) is 1.77. The molecule has 1 fully saturated rings. The number of ether oxygens (including phenoxy) is 2. The molecule has 0 aromatic rings. The summed E-state index contributed by atoms with van der Waals surface area (Å²) in [5, 5.41) is 8.34. The Kier molecular flexibility index (Phi) is 4.04. The molecule has 70 valence electrons. The third kappa shape index (κ3) is 3.69. The number of carbonyl (C=O) groups is 1. The zero-order valence-electron chi connectivity index (χ0n) is 6.99. The van der Waals surface area contributed by atoms with Crippen LogP contribution in [0.3, 0.4) is 0 Å². The molecule has 4 nitrogen and oxygen atoms in total. The molecule has 1 aliphatic heterocycles. The van der Waals surface area contributed by atoms with Crippen LogP contribution in [0.2, 0.25) is 0 Å². The minimum absolute atomic E-state index is 0.0844. The Morgan fingerprint density at radius 3 is 2.58 bits per heavy atom. The molecule has 12 heavy (non-hydrogen) atoms. The van der Waals surface area contributed by atoms with E-state index in [1.54, 1.807) is 0 Å². The molecule has 0 atom stereocenters. The lowest BCUT2D eigenvalue weighted by molar-refractivity contribution is -0.137. The number of unbranched alkanes of at least 4 members (excludes halogenated alkanes) is 1. The highest BCUT2D eigenvalue weighted by atomic mass is 16.7. The topological polar surface area (TPSA) is 55.8 Å². The minimum Gasteiger partial charge on any atom is -0.481 e. The fraction of sp³-hybridized carbons (Fsp3) is 0.875. The quantitative estimate of drug-likeness (QED) is 0.632. The van der Waals surface area contributed by atoms with E-state index in [0.29, 0.717) is 19.6 Å². The van der Waals surface area contributed by atoms with E-state index in [0.717, 1.165) is 12.8 Å². The van der Waals surface area contributed by atoms with Gasteiger partial charge in [-0.2, -0.15) is 0 Å². The van der Waals surface area contributed by atoms with Crippen LogP contribution < -0.4 is 0 Å². The van der Waals surface area contributed by atoms with E-state index in [4.69, 9.17) is 14.6 Å². The van der Waals surface area contributed by atoms with Gasteiger partial charge in [-0.3, -0.25) is 4.79 Å². The van der Waals surface area contributed by atoms with Crippen LogP contribution in [0.15, 0.2) is 0 Å². The maximum atomic E-state index is 10.1. The van der Waals surface area contributed by atoms with Crippen LogP contribution in [0.1, 0.15) is 25.7 Å². The second-order valence-electron chi connectivity index (χ2n) is 2.81. The summed E-state index contributed by atoms with van der Waals surface area (Å²) >= 11 is 0. The summed E-state index contributed by atoms with van der Waals surface area (Å²) in [5.74, 6) is -0.733. The van der Waals surface area contributed by atoms with E-state index in [-0.39, 0.29) is 12.7 Å². The van der Waals surface area contributed by atoms with Gasteiger partial charge in [0.25, 0.3) is 0 Å². The highest BCUT2D eigenvalue weighted by Crippen LogP contribution is 2.12. The van der Waals surface area contributed by atoms with Gasteiger partial charge in [0.15, 0.2) is 6.29 Å². The van der Waals surface area contributed by atoms with Crippen molar-refractivity contribution in [2.24, 2.45) is 0 Å². The molecule has 0 amide bonds. The second-order valence-corrected chi connectivity index (χ2v) is 2.81. The van der Waals surface area contributed by atoms with E-state index in [1.165, 1.54) is 0 Å². The first-order valence-electron chi connectivity index (χ1n) is 4.24. The molecule has 0 unspecified atom stereocenters. The average molecular weight is 174 g/mol. The Morgan fingerprint density at radius 2 is 2.00 bits per heavy atom. The SMILES string of the molecule is O=C(O)CCCCC1OCCO1. The molecule has 1 N–H and O–H groups in total. The van der Waals surface area contributed by atoms with Gasteiger partial charge in [-0.1, -0.05) is 0 Å². The Bertz CT molecular complexity index is 140. The van der Waals surface area contributed by atoms with Crippen LogP contribution in [0, 0.1) is 0 Å². The van der Waals surface area contributed by atoms with Crippen molar-refractivity contribution in [1.82, 2.24) is 0 Å². The third-order valence-electron chi connectivity index (χ3n) is 1.77. The summed E-state index contributed by atoms with van der Waals surface area (Å²) in [5.41, 5.74) is 0. The Labute approximate surface area is 71.5 Å². The van der Waals surface area contributed by atoms with Gasteiger partial charge in [0.05, 0.1) is 13.2 Å². The molecule has 0 aromatic heterocycles. The first kappa shape index (κ1) is 9.48. The van der Waals surface area contributed by atoms with Gasteiger partial charge < -0.3 is 14.6 Å². The summed E-state index contributed by atoms with van der Waals surface area (Å²) in [6.45, 7) is 1.34. The number of carboxylic acids is 1. The highest BCUT2D eigenvalue weighted by molar-refractivity contribution is 5.66. The molecule has 1 rings (SSSR count). The maximum Gasteiger partial charge on any atom is 0.303 e. The predicted molar refractivity (Wildman–Crippen MR) is 41.8 cm³/mol. The smallest absolute Gasteiger partial charge is 0.303 e. The van der Waals surface area contributed by atoms with Crippen LogP contribution >= 0.6 is 0 Å². The van der Waals surface area contributed by atoms with Crippen molar-refractivity contribution >= 4 is 5.97 Å². The van der Waals surface area contributed by atoms with E-state index >= 15 is 0 Å². The van der Waals surface area contributed by atoms with Gasteiger partial charge in [-0.25, -0.2) is 0 Å². The fourth-order valence-corrected chi connectivity index (χ4v) is 1.16. The number of aliphatic carboxylic acids is 1. The lowest BCUT2D eigenvalue weighted by Crippen LogP contribution is -2.07. The largest absolute Gasteiger partial charge is 0.481 e. The second kappa shape index (κ2) is 5.11. The summed E-state index contributed by atoms with van der Waals surface area (Å²) in [6.07, 6.45) is 2.54. The lowest BCUT2D eigenvalue weighted by atomic mass is 10.2. The zero-order valence-corrected chi connectivity index (χ0v) is 6.99. The van der Waals surface area contributed by atoms with Crippen molar-refractivity contribution in [2.75, 3.05) is 13.2 Å². The van der Waals surface area contributed by atoms with Gasteiger partial charge in [0.1, 0.15) is 0 Å². The standard InChI is InChI=1S/C8H14O4/c9-7(10)3-1-2-4-8-11-5-6-12-8/h8H,1-6H2,(H,9,10). The molecule has 0 bridgehead atoms. The van der Waals surface area contributed by atoms with E-state index < -0.39 is 5.97 Å². The van der Waals surface area contributed by atoms with Crippen LogP contribution in [-0.4, -0.2) is 30.6 Å². The molecule has 0 aromatic carbocycles. The van der Waals surface area contributed by atoms with Gasteiger partial charge in [0.2, 0.25) is 0 Å². The molecule has 4 heteroatoms. The molecule has 1 aliphatic rings. The Hall–Kier alpha value is -0.610. The molecular weight excluding hydrogens is 160 g/mol. The number of rotatable bonds is 5. The molecular formula is C8H14O4. The van der Waals surface area contributed by atoms with Crippen LogP contribution in [0.4, 0.5) is 0 Å². The van der Waals surface area contributed by atoms with E-state index in [1.807, 2.05) is 0 Å². The van der Waals surface area contributed by atoms with E-state index in [2.05, 4.69) is 0 Å². The molecule has 0 spiro atoms. The molecule has 1 heterocycles. The van der Waals surface area contributed by atoms with Crippen LogP contribution in [0.25, 0.3) is 0 Å². The van der Waals surface area contributed by atoms with Gasteiger partial charge >= 0.3 is 5.97 Å². The normalized spacial score (nSPS) is 18.3. The molecule has 0 saturated carbocycles. The number of hydrogen-bond acceptors (Lipinski definition) is 3. The molecule has 0 radical (unpaired) electrons. The molecule has 0 aliphatic carbocycles. The monoisotopic (exact) mass is 174 g/mol. The summed E-state index contributed by atoms with van der Waals surface area (Å²) in [4.78, 5) is 10.1. The summed E-state index contributed by atoms with van der Waals surface area (Å²) in [6, 6.07) is 0. The van der Waals surface area contributed by atoms with Crippen molar-refractivity contribution in [1.29, 1.82) is 0 Å². The Balaban J connectivity index is 1.91. The summed E-state index contributed by atoms with van der Waals surface area (Å²) < 4.78 is 10.4. The first-order chi connectivity index (χ1) is 5.79. The summed E-state index contributed by atoms with van der Waals surface area (Å²) in [7, 11) is 0. The van der Waals surface area contributed by atoms with Crippen LogP contribution in [0.5, 0.6) is 0 Å². The molecule has 1 saturated heterocycles. The van der Waals surface area contributed by atoms with Crippen LogP contribution in [-0.2, 0) is 14.3 Å². The van der Waals surface area contributed by atoms with Gasteiger partial charge in [-0.15, -0.1) is 0 Å². The predicted octanol–water partition coefficient (Wildman–Crippen LogP) is 1.00. The van der Waals surface area contributed by atoms with Gasteiger partial charge in [-0.05, 0) is 19.3 Å². The zero-order chi connectivity index (χ0) is 8.81. The van der Waals surface area contributed by atoms with E-state index in [9.17, 15) is 4.79 Å². The van der Waals surface area contributed by atoms with Crippen molar-refractivity contribution in [3.63, 3.8) is 0 Å². The fourth-order valence-electron chi connectivity index (χ4n) is 1.16. The number of hydrogen-bond donors (Lipinski definition) is 1. The van der Waals surface area contributed by atoms with Crippen molar-refractivity contribution in [3.05, 3.63) is 0 Å².